The maximum atomic E-state index is 14.5. The first kappa shape index (κ1) is 33.2. The minimum absolute atomic E-state index is 0.373. The molecule has 1 fully saturated rings. The predicted octanol–water partition coefficient (Wildman–Crippen LogP) is 6.64. The molecule has 0 saturated carbocycles. The molecule has 53 heavy (non-hydrogen) atoms. The zero-order valence-electron chi connectivity index (χ0n) is 29.8. The summed E-state index contributed by atoms with van der Waals surface area (Å²) >= 11 is 0. The third-order valence-electron chi connectivity index (χ3n) is 11.1. The molecule has 0 radical (unpaired) electrons. The van der Waals surface area contributed by atoms with Crippen molar-refractivity contribution in [3.8, 4) is 0 Å². The number of hydrogen-bond donors (Lipinski definition) is 2. The van der Waals surface area contributed by atoms with Crippen LogP contribution in [-0.4, -0.2) is 78.2 Å². The van der Waals surface area contributed by atoms with Gasteiger partial charge in [-0.25, -0.2) is 0 Å². The quantitative estimate of drug-likeness (QED) is 0.103. The molecule has 1 saturated heterocycles. The highest BCUT2D eigenvalue weighted by atomic mass is 16.5. The molecule has 10 heteroatoms. The molecule has 9 rings (SSSR count). The number of fused-ring (bicyclic) bond motifs is 4. The van der Waals surface area contributed by atoms with E-state index in [0.29, 0.717) is 65.8 Å². The number of hydrogen-bond acceptors (Lipinski definition) is 8. The standard InChI is InChI=1S/C43H39N5O5/c1-4-37(44-24(2)47-40(49)32-15-9-14-31-29-12-7-5-10-26(29)20-34(38(31)32)41(47)50)45-25(3)48-42(51)35-21-27-11-6-8-13-30(27)33-22-28(46-16-18-53-19-17-46)23-36(39(33)35)43(48)52/h5-15,20-25,37,44-45H,4,16-19H2,1-3H3. The molecule has 0 bridgehead atoms. The van der Waals surface area contributed by atoms with Crippen molar-refractivity contribution >= 4 is 72.4 Å². The summed E-state index contributed by atoms with van der Waals surface area (Å²) in [6.07, 6.45) is -1.36. The number of ether oxygens (including phenoxy) is 1. The number of amides is 4. The smallest absolute Gasteiger partial charge is 0.262 e. The van der Waals surface area contributed by atoms with Crippen LogP contribution < -0.4 is 15.5 Å². The third kappa shape index (κ3) is 5.20. The van der Waals surface area contributed by atoms with Gasteiger partial charge in [0.25, 0.3) is 23.6 Å². The Kier molecular flexibility index (Phi) is 7.99. The van der Waals surface area contributed by atoms with Crippen molar-refractivity contribution in [2.45, 2.75) is 45.7 Å². The van der Waals surface area contributed by atoms with Gasteiger partial charge >= 0.3 is 0 Å². The molecule has 0 aromatic heterocycles. The van der Waals surface area contributed by atoms with Crippen LogP contribution in [0.2, 0.25) is 0 Å². The molecule has 10 nitrogen and oxygen atoms in total. The first-order chi connectivity index (χ1) is 25.7. The zero-order chi connectivity index (χ0) is 36.5. The summed E-state index contributed by atoms with van der Waals surface area (Å²) in [6.45, 7) is 8.15. The van der Waals surface area contributed by atoms with Crippen molar-refractivity contribution in [2.24, 2.45) is 0 Å². The van der Waals surface area contributed by atoms with Crippen LogP contribution in [-0.2, 0) is 4.74 Å². The number of rotatable bonds is 8. The lowest BCUT2D eigenvalue weighted by Crippen LogP contribution is -2.61. The van der Waals surface area contributed by atoms with Gasteiger partial charge in [-0.2, -0.15) is 0 Å². The van der Waals surface area contributed by atoms with Crippen molar-refractivity contribution in [3.63, 3.8) is 0 Å². The molecule has 266 valence electrons. The minimum Gasteiger partial charge on any atom is -0.378 e. The van der Waals surface area contributed by atoms with E-state index in [9.17, 15) is 19.2 Å². The van der Waals surface area contributed by atoms with E-state index in [2.05, 4.69) is 21.6 Å². The molecule has 6 aromatic carbocycles. The van der Waals surface area contributed by atoms with E-state index in [-0.39, 0.29) is 23.6 Å². The number of morpholine rings is 1. The number of anilines is 1. The van der Waals surface area contributed by atoms with Crippen molar-refractivity contribution in [3.05, 3.63) is 113 Å². The molecular weight excluding hydrogens is 667 g/mol. The molecule has 3 aliphatic heterocycles. The lowest BCUT2D eigenvalue weighted by molar-refractivity contribution is 0.0473. The van der Waals surface area contributed by atoms with E-state index in [1.165, 1.54) is 9.80 Å². The van der Waals surface area contributed by atoms with Gasteiger partial charge < -0.3 is 9.64 Å². The van der Waals surface area contributed by atoms with E-state index < -0.39 is 18.5 Å². The Morgan fingerprint density at radius 1 is 0.585 bits per heavy atom. The normalized spacial score (nSPS) is 17.8. The van der Waals surface area contributed by atoms with E-state index in [0.717, 1.165) is 38.0 Å². The van der Waals surface area contributed by atoms with Crippen molar-refractivity contribution < 1.29 is 23.9 Å². The molecule has 3 unspecified atom stereocenters. The van der Waals surface area contributed by atoms with Gasteiger partial charge in [-0.3, -0.25) is 39.6 Å². The van der Waals surface area contributed by atoms with Crippen LogP contribution in [0.3, 0.4) is 0 Å². The Bertz CT molecular complexity index is 2540. The maximum Gasteiger partial charge on any atom is 0.262 e. The summed E-state index contributed by atoms with van der Waals surface area (Å²) in [6, 6.07) is 29.2. The number of imide groups is 2. The summed E-state index contributed by atoms with van der Waals surface area (Å²) in [5.74, 6) is -1.50. The molecule has 0 aliphatic carbocycles. The Morgan fingerprint density at radius 3 is 1.66 bits per heavy atom. The van der Waals surface area contributed by atoms with E-state index in [4.69, 9.17) is 4.74 Å². The average Bonchev–Trinajstić information content (AvgIpc) is 3.18. The second kappa shape index (κ2) is 12.8. The van der Waals surface area contributed by atoms with Crippen LogP contribution in [0.25, 0.3) is 43.1 Å². The van der Waals surface area contributed by atoms with E-state index >= 15 is 0 Å². The third-order valence-corrected chi connectivity index (χ3v) is 11.1. The van der Waals surface area contributed by atoms with Crippen molar-refractivity contribution in [1.82, 2.24) is 20.4 Å². The van der Waals surface area contributed by atoms with Crippen LogP contribution >= 0.6 is 0 Å². The molecule has 3 aliphatic rings. The first-order valence-corrected chi connectivity index (χ1v) is 18.3. The summed E-state index contributed by atoms with van der Waals surface area (Å²) in [7, 11) is 0. The second-order valence-corrected chi connectivity index (χ2v) is 14.1. The van der Waals surface area contributed by atoms with Crippen LogP contribution in [0.1, 0.15) is 68.6 Å². The van der Waals surface area contributed by atoms with Gasteiger partial charge in [-0.15, -0.1) is 0 Å². The van der Waals surface area contributed by atoms with Crippen molar-refractivity contribution in [1.29, 1.82) is 0 Å². The van der Waals surface area contributed by atoms with Crippen LogP contribution in [0.5, 0.6) is 0 Å². The van der Waals surface area contributed by atoms with Gasteiger partial charge in [0.15, 0.2) is 0 Å². The SMILES string of the molecule is CCC(NC(C)N1C(=O)c2cccc3c2c(cc2ccccc23)C1=O)NC(C)N1C(=O)c2cc(N3CCOCC3)cc3c2c(cc2ccccc23)C1=O. The molecule has 2 N–H and O–H groups in total. The fourth-order valence-electron chi connectivity index (χ4n) is 8.50. The Balaban J connectivity index is 1.01. The van der Waals surface area contributed by atoms with Crippen molar-refractivity contribution in [2.75, 3.05) is 31.2 Å². The fourth-order valence-corrected chi connectivity index (χ4v) is 8.50. The average molecular weight is 706 g/mol. The largest absolute Gasteiger partial charge is 0.378 e. The highest BCUT2D eigenvalue weighted by Gasteiger charge is 2.40. The lowest BCUT2D eigenvalue weighted by Gasteiger charge is -2.38. The van der Waals surface area contributed by atoms with Crippen LogP contribution in [0.4, 0.5) is 5.69 Å². The van der Waals surface area contributed by atoms with E-state index in [1.807, 2.05) is 85.8 Å². The fraction of sp³-hybridized carbons (Fsp3) is 0.256. The highest BCUT2D eigenvalue weighted by molar-refractivity contribution is 6.31. The highest BCUT2D eigenvalue weighted by Crippen LogP contribution is 2.40. The number of benzene rings is 6. The van der Waals surface area contributed by atoms with Crippen LogP contribution in [0, 0.1) is 0 Å². The number of nitrogens with zero attached hydrogens (tertiary/aromatic N) is 3. The summed E-state index contributed by atoms with van der Waals surface area (Å²) in [5, 5.41) is 13.8. The second-order valence-electron chi connectivity index (χ2n) is 14.1. The number of carbonyl (C=O) groups excluding carboxylic acids is 4. The Morgan fingerprint density at radius 2 is 1.08 bits per heavy atom. The van der Waals surface area contributed by atoms with Gasteiger partial charge in [0.05, 0.1) is 37.3 Å². The molecule has 3 heterocycles. The summed E-state index contributed by atoms with van der Waals surface area (Å²) in [5.41, 5.74) is 2.85. The number of nitrogens with one attached hydrogen (secondary N) is 2. The lowest BCUT2D eigenvalue weighted by atomic mass is 9.89. The Labute approximate surface area is 306 Å². The monoisotopic (exact) mass is 705 g/mol. The van der Waals surface area contributed by atoms with Crippen LogP contribution in [0.15, 0.2) is 91.0 Å². The van der Waals surface area contributed by atoms with Gasteiger partial charge in [-0.05, 0) is 82.9 Å². The molecule has 3 atom stereocenters. The van der Waals surface area contributed by atoms with Gasteiger partial charge in [0.2, 0.25) is 0 Å². The Hall–Kier alpha value is -5.68. The predicted molar refractivity (Wildman–Crippen MR) is 206 cm³/mol. The van der Waals surface area contributed by atoms with Gasteiger partial charge in [0, 0.05) is 46.2 Å². The van der Waals surface area contributed by atoms with Gasteiger partial charge in [-0.1, -0.05) is 67.6 Å². The molecule has 6 aromatic rings. The zero-order valence-corrected chi connectivity index (χ0v) is 29.8. The molecule has 0 spiro atoms. The summed E-state index contributed by atoms with van der Waals surface area (Å²) < 4.78 is 5.60. The van der Waals surface area contributed by atoms with Gasteiger partial charge in [0.1, 0.15) is 0 Å². The minimum atomic E-state index is -0.727. The molecule has 4 amide bonds. The first-order valence-electron chi connectivity index (χ1n) is 18.3. The number of carbonyl (C=O) groups is 4. The maximum absolute atomic E-state index is 14.5. The summed E-state index contributed by atoms with van der Waals surface area (Å²) in [4.78, 5) is 61.7. The topological polar surface area (TPSA) is 111 Å². The van der Waals surface area contributed by atoms with E-state index in [1.54, 1.807) is 19.9 Å². The molecular formula is C43H39N5O5.